The summed E-state index contributed by atoms with van der Waals surface area (Å²) in [5, 5.41) is 4.40. The van der Waals surface area contributed by atoms with Crippen molar-refractivity contribution in [3.8, 4) is 5.75 Å². The van der Waals surface area contributed by atoms with Crippen molar-refractivity contribution in [2.75, 3.05) is 13.7 Å². The molecule has 1 atom stereocenters. The maximum atomic E-state index is 12.9. The van der Waals surface area contributed by atoms with Crippen LogP contribution in [-0.4, -0.2) is 40.0 Å². The van der Waals surface area contributed by atoms with Crippen LogP contribution in [0.15, 0.2) is 24.3 Å². The summed E-state index contributed by atoms with van der Waals surface area (Å²) in [4.78, 5) is 26.6. The second kappa shape index (κ2) is 7.32. The van der Waals surface area contributed by atoms with Crippen LogP contribution in [0.5, 0.6) is 5.75 Å². The van der Waals surface area contributed by atoms with E-state index in [0.29, 0.717) is 11.3 Å². The number of hydrogen-bond acceptors (Lipinski definition) is 4. The second-order valence-corrected chi connectivity index (χ2v) is 6.78. The number of hydrogen-bond donors (Lipinski definition) is 0. The molecule has 1 aliphatic rings. The molecule has 1 fully saturated rings. The van der Waals surface area contributed by atoms with Crippen molar-refractivity contribution in [2.45, 2.75) is 46.2 Å². The number of Topliss-reactive ketones (excluding diaryl/α,β-unsaturated/α-hetero) is 1. The zero-order valence-corrected chi connectivity index (χ0v) is 15.8. The number of carbonyl (C=O) groups is 2. The molecule has 0 unspecified atom stereocenters. The molecule has 1 aromatic carbocycles. The fraction of sp³-hybridized carbons (Fsp3) is 0.450. The summed E-state index contributed by atoms with van der Waals surface area (Å²) in [6, 6.07) is 7.95. The van der Waals surface area contributed by atoms with Gasteiger partial charge in [0.05, 0.1) is 24.4 Å². The van der Waals surface area contributed by atoms with Crippen molar-refractivity contribution in [3.63, 3.8) is 0 Å². The first-order valence-electron chi connectivity index (χ1n) is 8.90. The van der Waals surface area contributed by atoms with Crippen molar-refractivity contribution in [1.82, 2.24) is 14.7 Å². The Kier molecular flexibility index (Phi) is 5.11. The predicted octanol–water partition coefficient (Wildman–Crippen LogP) is 3.07. The first-order chi connectivity index (χ1) is 12.4. The van der Waals surface area contributed by atoms with Gasteiger partial charge in [-0.3, -0.25) is 14.3 Å². The summed E-state index contributed by atoms with van der Waals surface area (Å²) in [5.41, 5.74) is 3.13. The Labute approximate surface area is 153 Å². The molecule has 6 heteroatoms. The lowest BCUT2D eigenvalue weighted by atomic mass is 10.0. The molecule has 2 aromatic rings. The highest BCUT2D eigenvalue weighted by Crippen LogP contribution is 2.33. The quantitative estimate of drug-likeness (QED) is 0.773. The minimum atomic E-state index is -0.0193. The van der Waals surface area contributed by atoms with Crippen LogP contribution in [0.3, 0.4) is 0 Å². The largest absolute Gasteiger partial charge is 0.497 e. The van der Waals surface area contributed by atoms with Crippen LogP contribution in [0.1, 0.15) is 53.1 Å². The van der Waals surface area contributed by atoms with Crippen LogP contribution in [-0.2, 0) is 11.3 Å². The van der Waals surface area contributed by atoms with Gasteiger partial charge in [-0.25, -0.2) is 0 Å². The van der Waals surface area contributed by atoms with Gasteiger partial charge >= 0.3 is 0 Å². The first-order valence-corrected chi connectivity index (χ1v) is 8.90. The van der Waals surface area contributed by atoms with Gasteiger partial charge in [0.25, 0.3) is 0 Å². The molecule has 0 saturated carbocycles. The van der Waals surface area contributed by atoms with Crippen LogP contribution in [0.4, 0.5) is 0 Å². The third kappa shape index (κ3) is 3.36. The molecule has 0 radical (unpaired) electrons. The highest BCUT2D eigenvalue weighted by atomic mass is 16.5. The van der Waals surface area contributed by atoms with Gasteiger partial charge in [-0.15, -0.1) is 0 Å². The number of amides is 1. The normalized spacial score (nSPS) is 16.8. The number of carbonyl (C=O) groups excluding carboxylic acids is 2. The maximum Gasteiger partial charge on any atom is 0.244 e. The van der Waals surface area contributed by atoms with Gasteiger partial charge in [0.15, 0.2) is 5.78 Å². The molecule has 1 aromatic heterocycles. The lowest BCUT2D eigenvalue weighted by Crippen LogP contribution is -2.34. The minimum absolute atomic E-state index is 0.0193. The Morgan fingerprint density at radius 3 is 2.73 bits per heavy atom. The fourth-order valence-corrected chi connectivity index (χ4v) is 3.84. The highest BCUT2D eigenvalue weighted by Gasteiger charge is 2.31. The SMILES string of the molecule is COc1cccc([C@H]2CCCN2C(=O)Cn2nc(C)c(C(C)=O)c2C)c1. The van der Waals surface area contributed by atoms with E-state index in [0.717, 1.165) is 36.4 Å². The molecule has 0 aliphatic carbocycles. The topological polar surface area (TPSA) is 64.4 Å². The van der Waals surface area contributed by atoms with Gasteiger partial charge in [0.1, 0.15) is 12.3 Å². The van der Waals surface area contributed by atoms with E-state index in [-0.39, 0.29) is 24.3 Å². The first kappa shape index (κ1) is 18.2. The zero-order valence-electron chi connectivity index (χ0n) is 15.8. The number of benzene rings is 1. The van der Waals surface area contributed by atoms with Crippen LogP contribution >= 0.6 is 0 Å². The molecule has 26 heavy (non-hydrogen) atoms. The molecule has 0 N–H and O–H groups in total. The standard InChI is InChI=1S/C20H25N3O3/c1-13-20(15(3)24)14(2)23(21-13)12-19(25)22-10-6-9-18(22)16-7-5-8-17(11-16)26-4/h5,7-8,11,18H,6,9-10,12H2,1-4H3/t18-/m1/s1. The molecule has 1 saturated heterocycles. The summed E-state index contributed by atoms with van der Waals surface area (Å²) in [7, 11) is 1.64. The van der Waals surface area contributed by atoms with E-state index in [1.54, 1.807) is 18.7 Å². The molecule has 1 amide bonds. The number of aromatic nitrogens is 2. The van der Waals surface area contributed by atoms with Crippen molar-refractivity contribution < 1.29 is 14.3 Å². The Balaban J connectivity index is 1.81. The molecule has 138 valence electrons. The average Bonchev–Trinajstić information content (AvgIpc) is 3.20. The third-order valence-corrected chi connectivity index (χ3v) is 5.07. The summed E-state index contributed by atoms with van der Waals surface area (Å²) in [5.74, 6) is 0.802. The summed E-state index contributed by atoms with van der Waals surface area (Å²) in [6.45, 7) is 6.07. The van der Waals surface area contributed by atoms with E-state index >= 15 is 0 Å². The van der Waals surface area contributed by atoms with E-state index in [4.69, 9.17) is 4.74 Å². The van der Waals surface area contributed by atoms with Crippen LogP contribution in [0.2, 0.25) is 0 Å². The highest BCUT2D eigenvalue weighted by molar-refractivity contribution is 5.96. The lowest BCUT2D eigenvalue weighted by molar-refractivity contribution is -0.133. The Morgan fingerprint density at radius 2 is 2.08 bits per heavy atom. The van der Waals surface area contributed by atoms with Crippen LogP contribution < -0.4 is 4.74 Å². The molecule has 1 aliphatic heterocycles. The smallest absolute Gasteiger partial charge is 0.244 e. The monoisotopic (exact) mass is 355 g/mol. The Hall–Kier alpha value is -2.63. The number of ether oxygens (including phenoxy) is 1. The van der Waals surface area contributed by atoms with Crippen molar-refractivity contribution in [1.29, 1.82) is 0 Å². The number of aryl methyl sites for hydroxylation is 1. The van der Waals surface area contributed by atoms with E-state index in [9.17, 15) is 9.59 Å². The molecular formula is C20H25N3O3. The molecule has 3 rings (SSSR count). The minimum Gasteiger partial charge on any atom is -0.497 e. The van der Waals surface area contributed by atoms with Gasteiger partial charge in [0.2, 0.25) is 5.91 Å². The van der Waals surface area contributed by atoms with Crippen LogP contribution in [0, 0.1) is 13.8 Å². The van der Waals surface area contributed by atoms with E-state index in [1.807, 2.05) is 36.1 Å². The van der Waals surface area contributed by atoms with Crippen molar-refractivity contribution in [2.24, 2.45) is 0 Å². The molecule has 0 bridgehead atoms. The fourth-order valence-electron chi connectivity index (χ4n) is 3.84. The summed E-state index contributed by atoms with van der Waals surface area (Å²) < 4.78 is 6.96. The van der Waals surface area contributed by atoms with Crippen molar-refractivity contribution >= 4 is 11.7 Å². The predicted molar refractivity (Wildman–Crippen MR) is 98.4 cm³/mol. The molecular weight excluding hydrogens is 330 g/mol. The van der Waals surface area contributed by atoms with Gasteiger partial charge in [-0.2, -0.15) is 5.10 Å². The Morgan fingerprint density at radius 1 is 1.31 bits per heavy atom. The molecule has 0 spiro atoms. The second-order valence-electron chi connectivity index (χ2n) is 6.78. The number of methoxy groups -OCH3 is 1. The summed E-state index contributed by atoms with van der Waals surface area (Å²) in [6.07, 6.45) is 1.91. The van der Waals surface area contributed by atoms with Gasteiger partial charge in [-0.1, -0.05) is 12.1 Å². The number of nitrogens with zero attached hydrogens (tertiary/aromatic N) is 3. The third-order valence-electron chi connectivity index (χ3n) is 5.07. The average molecular weight is 355 g/mol. The van der Waals surface area contributed by atoms with E-state index in [2.05, 4.69) is 5.10 Å². The van der Waals surface area contributed by atoms with E-state index < -0.39 is 0 Å². The summed E-state index contributed by atoms with van der Waals surface area (Å²) >= 11 is 0. The maximum absolute atomic E-state index is 12.9. The molecule has 6 nitrogen and oxygen atoms in total. The lowest BCUT2D eigenvalue weighted by Gasteiger charge is -2.25. The van der Waals surface area contributed by atoms with Gasteiger partial charge in [0, 0.05) is 12.2 Å². The van der Waals surface area contributed by atoms with Gasteiger partial charge < -0.3 is 9.64 Å². The van der Waals surface area contributed by atoms with E-state index in [1.165, 1.54) is 6.92 Å². The number of ketones is 1. The zero-order chi connectivity index (χ0) is 18.8. The van der Waals surface area contributed by atoms with Gasteiger partial charge in [-0.05, 0) is 51.3 Å². The number of rotatable bonds is 5. The number of likely N-dealkylation sites (tertiary alicyclic amines) is 1. The molecule has 2 heterocycles. The van der Waals surface area contributed by atoms with Crippen LogP contribution in [0.25, 0.3) is 0 Å². The Bertz CT molecular complexity index is 841. The van der Waals surface area contributed by atoms with Crippen molar-refractivity contribution in [3.05, 3.63) is 46.8 Å².